The molecule has 0 spiro atoms. The van der Waals surface area contributed by atoms with Crippen molar-refractivity contribution in [2.24, 2.45) is 0 Å². The Morgan fingerprint density at radius 1 is 0.889 bits per heavy atom. The quantitative estimate of drug-likeness (QED) is 0.864. The predicted octanol–water partition coefficient (Wildman–Crippen LogP) is 3.04. The zero-order chi connectivity index (χ0) is 12.8. The standard InChI is InChI=1S/C16H20N2/c1-17-12-14-8-10-15(11-9-14)13-18(2)16-6-4-3-5-7-16/h3-11,17H,12-13H2,1-2H3. The first kappa shape index (κ1) is 12.7. The molecule has 0 radical (unpaired) electrons. The van der Waals surface area contributed by atoms with Gasteiger partial charge < -0.3 is 10.2 Å². The van der Waals surface area contributed by atoms with Crippen molar-refractivity contribution in [3.8, 4) is 0 Å². The molecule has 2 aromatic carbocycles. The number of hydrogen-bond acceptors (Lipinski definition) is 2. The number of nitrogens with one attached hydrogen (secondary N) is 1. The van der Waals surface area contributed by atoms with Gasteiger partial charge in [0.2, 0.25) is 0 Å². The molecule has 0 heterocycles. The summed E-state index contributed by atoms with van der Waals surface area (Å²) >= 11 is 0. The molecule has 0 saturated carbocycles. The van der Waals surface area contributed by atoms with Gasteiger partial charge in [0, 0.05) is 25.8 Å². The maximum absolute atomic E-state index is 3.16. The first-order valence-corrected chi connectivity index (χ1v) is 6.28. The lowest BCUT2D eigenvalue weighted by atomic mass is 10.1. The van der Waals surface area contributed by atoms with Crippen LogP contribution < -0.4 is 10.2 Å². The second-order valence-corrected chi connectivity index (χ2v) is 4.54. The Hall–Kier alpha value is -1.80. The molecule has 0 aromatic heterocycles. The maximum Gasteiger partial charge on any atom is 0.0426 e. The molecule has 18 heavy (non-hydrogen) atoms. The average Bonchev–Trinajstić information content (AvgIpc) is 2.42. The minimum Gasteiger partial charge on any atom is -0.370 e. The zero-order valence-corrected chi connectivity index (χ0v) is 11.1. The molecular weight excluding hydrogens is 220 g/mol. The van der Waals surface area contributed by atoms with Crippen LogP contribution in [0.3, 0.4) is 0 Å². The second kappa shape index (κ2) is 6.22. The van der Waals surface area contributed by atoms with Crippen molar-refractivity contribution in [1.29, 1.82) is 0 Å². The average molecular weight is 240 g/mol. The van der Waals surface area contributed by atoms with Crippen molar-refractivity contribution in [3.05, 3.63) is 65.7 Å². The summed E-state index contributed by atoms with van der Waals surface area (Å²) in [6.45, 7) is 1.86. The summed E-state index contributed by atoms with van der Waals surface area (Å²) in [6, 6.07) is 19.2. The van der Waals surface area contributed by atoms with E-state index in [-0.39, 0.29) is 0 Å². The van der Waals surface area contributed by atoms with Crippen molar-refractivity contribution in [1.82, 2.24) is 5.32 Å². The summed E-state index contributed by atoms with van der Waals surface area (Å²) in [5.74, 6) is 0. The van der Waals surface area contributed by atoms with Gasteiger partial charge in [-0.15, -0.1) is 0 Å². The fourth-order valence-corrected chi connectivity index (χ4v) is 2.01. The van der Waals surface area contributed by atoms with Crippen LogP contribution in [-0.4, -0.2) is 14.1 Å². The molecule has 0 aliphatic rings. The van der Waals surface area contributed by atoms with E-state index in [2.05, 4.69) is 65.8 Å². The molecule has 2 heteroatoms. The van der Waals surface area contributed by atoms with Crippen LogP contribution in [-0.2, 0) is 13.1 Å². The van der Waals surface area contributed by atoms with Crippen LogP contribution in [0.2, 0.25) is 0 Å². The summed E-state index contributed by atoms with van der Waals surface area (Å²) in [5.41, 5.74) is 3.90. The van der Waals surface area contributed by atoms with E-state index in [0.29, 0.717) is 0 Å². The fourth-order valence-electron chi connectivity index (χ4n) is 2.01. The minimum atomic E-state index is 0.925. The number of nitrogens with zero attached hydrogens (tertiary/aromatic N) is 1. The highest BCUT2D eigenvalue weighted by molar-refractivity contribution is 5.45. The van der Waals surface area contributed by atoms with Gasteiger partial charge in [-0.25, -0.2) is 0 Å². The van der Waals surface area contributed by atoms with Gasteiger partial charge in [-0.2, -0.15) is 0 Å². The molecular formula is C16H20N2. The summed E-state index contributed by atoms with van der Waals surface area (Å²) < 4.78 is 0. The number of anilines is 1. The predicted molar refractivity (Wildman–Crippen MR) is 77.8 cm³/mol. The Morgan fingerprint density at radius 2 is 1.50 bits per heavy atom. The van der Waals surface area contributed by atoms with Crippen molar-refractivity contribution in [2.75, 3.05) is 19.0 Å². The van der Waals surface area contributed by atoms with E-state index in [9.17, 15) is 0 Å². The Balaban J connectivity index is 2.01. The third-order valence-electron chi connectivity index (χ3n) is 3.02. The van der Waals surface area contributed by atoms with Crippen LogP contribution >= 0.6 is 0 Å². The highest BCUT2D eigenvalue weighted by Crippen LogP contribution is 2.15. The maximum atomic E-state index is 3.16. The van der Waals surface area contributed by atoms with Crippen molar-refractivity contribution in [3.63, 3.8) is 0 Å². The minimum absolute atomic E-state index is 0.925. The van der Waals surface area contributed by atoms with E-state index in [4.69, 9.17) is 0 Å². The molecule has 0 fully saturated rings. The highest BCUT2D eigenvalue weighted by atomic mass is 15.1. The van der Waals surface area contributed by atoms with Gasteiger partial charge in [0.15, 0.2) is 0 Å². The van der Waals surface area contributed by atoms with E-state index >= 15 is 0 Å². The fraction of sp³-hybridized carbons (Fsp3) is 0.250. The molecule has 0 atom stereocenters. The van der Waals surface area contributed by atoms with Crippen LogP contribution in [0.25, 0.3) is 0 Å². The van der Waals surface area contributed by atoms with E-state index in [1.807, 2.05) is 13.1 Å². The first-order chi connectivity index (χ1) is 8.79. The lowest BCUT2D eigenvalue weighted by molar-refractivity contribution is 0.816. The van der Waals surface area contributed by atoms with E-state index in [1.54, 1.807) is 0 Å². The smallest absolute Gasteiger partial charge is 0.0426 e. The molecule has 0 amide bonds. The van der Waals surface area contributed by atoms with Gasteiger partial charge in [0.25, 0.3) is 0 Å². The summed E-state index contributed by atoms with van der Waals surface area (Å²) in [7, 11) is 4.09. The summed E-state index contributed by atoms with van der Waals surface area (Å²) in [5, 5.41) is 3.16. The number of hydrogen-bond donors (Lipinski definition) is 1. The molecule has 1 N–H and O–H groups in total. The van der Waals surface area contributed by atoms with Gasteiger partial charge in [-0.1, -0.05) is 42.5 Å². The van der Waals surface area contributed by atoms with E-state index in [0.717, 1.165) is 13.1 Å². The van der Waals surface area contributed by atoms with Crippen LogP contribution in [0.5, 0.6) is 0 Å². The second-order valence-electron chi connectivity index (χ2n) is 4.54. The molecule has 94 valence electrons. The summed E-state index contributed by atoms with van der Waals surface area (Å²) in [6.07, 6.45) is 0. The van der Waals surface area contributed by atoms with Gasteiger partial charge in [0.1, 0.15) is 0 Å². The third kappa shape index (κ3) is 3.34. The van der Waals surface area contributed by atoms with Crippen LogP contribution in [0.4, 0.5) is 5.69 Å². The van der Waals surface area contributed by atoms with Crippen molar-refractivity contribution >= 4 is 5.69 Å². The number of para-hydroxylation sites is 1. The van der Waals surface area contributed by atoms with Crippen LogP contribution in [0, 0.1) is 0 Å². The number of rotatable bonds is 5. The third-order valence-corrected chi connectivity index (χ3v) is 3.02. The largest absolute Gasteiger partial charge is 0.370 e. The van der Waals surface area contributed by atoms with Crippen LogP contribution in [0.1, 0.15) is 11.1 Å². The molecule has 0 aliphatic heterocycles. The lowest BCUT2D eigenvalue weighted by Crippen LogP contribution is -2.16. The molecule has 0 aliphatic carbocycles. The topological polar surface area (TPSA) is 15.3 Å². The molecule has 0 unspecified atom stereocenters. The van der Waals surface area contributed by atoms with Gasteiger partial charge in [-0.05, 0) is 30.3 Å². The molecule has 2 nitrogen and oxygen atoms in total. The monoisotopic (exact) mass is 240 g/mol. The Bertz CT molecular complexity index is 462. The Labute approximate surface area is 109 Å². The summed E-state index contributed by atoms with van der Waals surface area (Å²) in [4.78, 5) is 2.26. The highest BCUT2D eigenvalue weighted by Gasteiger charge is 2.01. The van der Waals surface area contributed by atoms with Gasteiger partial charge in [0.05, 0.1) is 0 Å². The normalized spacial score (nSPS) is 10.3. The lowest BCUT2D eigenvalue weighted by Gasteiger charge is -2.19. The van der Waals surface area contributed by atoms with Crippen molar-refractivity contribution in [2.45, 2.75) is 13.1 Å². The van der Waals surface area contributed by atoms with Gasteiger partial charge in [-0.3, -0.25) is 0 Å². The Morgan fingerprint density at radius 3 is 2.11 bits per heavy atom. The first-order valence-electron chi connectivity index (χ1n) is 6.28. The van der Waals surface area contributed by atoms with Gasteiger partial charge >= 0.3 is 0 Å². The van der Waals surface area contributed by atoms with Crippen molar-refractivity contribution < 1.29 is 0 Å². The zero-order valence-electron chi connectivity index (χ0n) is 11.1. The Kier molecular flexibility index (Phi) is 4.37. The molecule has 2 rings (SSSR count). The molecule has 2 aromatic rings. The van der Waals surface area contributed by atoms with E-state index < -0.39 is 0 Å². The van der Waals surface area contributed by atoms with Crippen LogP contribution in [0.15, 0.2) is 54.6 Å². The SMILES string of the molecule is CNCc1ccc(CN(C)c2ccccc2)cc1. The molecule has 0 bridgehead atoms. The molecule has 0 saturated heterocycles. The van der Waals surface area contributed by atoms with E-state index in [1.165, 1.54) is 16.8 Å². The number of benzene rings is 2.